The van der Waals surface area contributed by atoms with Crippen LogP contribution < -0.4 is 10.1 Å². The Labute approximate surface area is 103 Å². The number of benzene rings is 1. The van der Waals surface area contributed by atoms with Crippen LogP contribution in [0.15, 0.2) is 12.1 Å². The molecule has 0 radical (unpaired) electrons. The van der Waals surface area contributed by atoms with Crippen molar-refractivity contribution in [2.24, 2.45) is 0 Å². The van der Waals surface area contributed by atoms with Crippen molar-refractivity contribution in [1.82, 2.24) is 5.32 Å². The molecule has 1 unspecified atom stereocenters. The first-order valence-corrected chi connectivity index (χ1v) is 6.00. The largest absolute Gasteiger partial charge is 0.496 e. The van der Waals surface area contributed by atoms with Crippen LogP contribution in [0.5, 0.6) is 5.75 Å². The van der Waals surface area contributed by atoms with E-state index in [1.165, 1.54) is 5.56 Å². The molecule has 0 amide bonds. The molecule has 0 saturated carbocycles. The van der Waals surface area contributed by atoms with E-state index in [1.54, 1.807) is 7.11 Å². The Kier molecular flexibility index (Phi) is 5.10. The van der Waals surface area contributed by atoms with E-state index in [4.69, 9.17) is 16.3 Å². The third-order valence-corrected chi connectivity index (χ3v) is 3.34. The number of nitrogens with one attached hydrogen (secondary N) is 1. The van der Waals surface area contributed by atoms with Crippen LogP contribution >= 0.6 is 11.6 Å². The maximum absolute atomic E-state index is 6.14. The fraction of sp³-hybridized carbons (Fsp3) is 0.538. The number of hydrogen-bond acceptors (Lipinski definition) is 2. The Balaban J connectivity index is 2.97. The lowest BCUT2D eigenvalue weighted by molar-refractivity contribution is 0.405. The van der Waals surface area contributed by atoms with Crippen molar-refractivity contribution in [1.29, 1.82) is 0 Å². The second-order valence-electron chi connectivity index (χ2n) is 4.01. The van der Waals surface area contributed by atoms with Crippen LogP contribution in [-0.4, -0.2) is 20.2 Å². The second kappa shape index (κ2) is 6.12. The summed E-state index contributed by atoms with van der Waals surface area (Å²) < 4.78 is 5.38. The van der Waals surface area contributed by atoms with E-state index in [-0.39, 0.29) is 0 Å². The lowest BCUT2D eigenvalue weighted by atomic mass is 10.0. The molecule has 1 aromatic rings. The molecule has 1 atom stereocenters. The Hall–Kier alpha value is -0.730. The zero-order valence-electron chi connectivity index (χ0n) is 10.4. The van der Waals surface area contributed by atoms with Crippen molar-refractivity contribution < 1.29 is 4.74 Å². The van der Waals surface area contributed by atoms with E-state index in [2.05, 4.69) is 12.2 Å². The van der Waals surface area contributed by atoms with Gasteiger partial charge in [0.2, 0.25) is 0 Å². The Morgan fingerprint density at radius 1 is 1.44 bits per heavy atom. The van der Waals surface area contributed by atoms with Gasteiger partial charge in [-0.2, -0.15) is 0 Å². The quantitative estimate of drug-likeness (QED) is 0.855. The Morgan fingerprint density at radius 2 is 2.12 bits per heavy atom. The molecule has 1 rings (SSSR count). The molecule has 1 N–H and O–H groups in total. The van der Waals surface area contributed by atoms with Crippen molar-refractivity contribution in [3.8, 4) is 5.75 Å². The molecule has 2 nitrogen and oxygen atoms in total. The molecule has 0 aromatic heterocycles. The summed E-state index contributed by atoms with van der Waals surface area (Å²) in [6.07, 6.45) is 2.03. The molecule has 90 valence electrons. The van der Waals surface area contributed by atoms with Gasteiger partial charge in [0.05, 0.1) is 7.11 Å². The summed E-state index contributed by atoms with van der Waals surface area (Å²) in [5.74, 6) is 0.926. The normalized spacial score (nSPS) is 12.6. The van der Waals surface area contributed by atoms with E-state index in [9.17, 15) is 0 Å². The van der Waals surface area contributed by atoms with Gasteiger partial charge in [-0.15, -0.1) is 0 Å². The summed E-state index contributed by atoms with van der Waals surface area (Å²) in [5, 5.41) is 4.09. The fourth-order valence-electron chi connectivity index (χ4n) is 1.76. The average molecular weight is 242 g/mol. The lowest BCUT2D eigenvalue weighted by Gasteiger charge is -2.17. The molecule has 0 spiro atoms. The van der Waals surface area contributed by atoms with Gasteiger partial charge in [0.15, 0.2) is 0 Å². The summed E-state index contributed by atoms with van der Waals surface area (Å²) in [5.41, 5.74) is 2.22. The first-order chi connectivity index (χ1) is 7.62. The number of ether oxygens (including phenoxy) is 1. The molecular weight excluding hydrogens is 222 g/mol. The average Bonchev–Trinajstić information content (AvgIpc) is 2.29. The Bertz CT molecular complexity index is 348. The SMILES string of the molecule is CCC(Cc1cc(Cl)c(C)cc1OC)NC. The van der Waals surface area contributed by atoms with Crippen molar-refractivity contribution in [2.75, 3.05) is 14.2 Å². The number of likely N-dealkylation sites (N-methyl/N-ethyl adjacent to an activating group) is 1. The molecule has 0 heterocycles. The van der Waals surface area contributed by atoms with Gasteiger partial charge in [0.25, 0.3) is 0 Å². The first kappa shape index (κ1) is 13.3. The predicted molar refractivity (Wildman–Crippen MR) is 69.6 cm³/mol. The van der Waals surface area contributed by atoms with Gasteiger partial charge in [-0.1, -0.05) is 18.5 Å². The number of hydrogen-bond donors (Lipinski definition) is 1. The summed E-state index contributed by atoms with van der Waals surface area (Å²) in [4.78, 5) is 0. The number of aryl methyl sites for hydroxylation is 1. The van der Waals surface area contributed by atoms with E-state index in [0.717, 1.165) is 29.2 Å². The van der Waals surface area contributed by atoms with Crippen LogP contribution in [0.25, 0.3) is 0 Å². The molecule has 0 aliphatic carbocycles. The number of halogens is 1. The predicted octanol–water partition coefficient (Wildman–Crippen LogP) is 3.20. The smallest absolute Gasteiger partial charge is 0.122 e. The van der Waals surface area contributed by atoms with Gasteiger partial charge < -0.3 is 10.1 Å². The minimum atomic E-state index is 0.465. The maximum Gasteiger partial charge on any atom is 0.122 e. The number of methoxy groups -OCH3 is 1. The van der Waals surface area contributed by atoms with Crippen molar-refractivity contribution in [3.63, 3.8) is 0 Å². The van der Waals surface area contributed by atoms with Gasteiger partial charge >= 0.3 is 0 Å². The van der Waals surface area contributed by atoms with E-state index < -0.39 is 0 Å². The highest BCUT2D eigenvalue weighted by Gasteiger charge is 2.11. The zero-order chi connectivity index (χ0) is 12.1. The monoisotopic (exact) mass is 241 g/mol. The Morgan fingerprint density at radius 3 is 2.62 bits per heavy atom. The molecule has 3 heteroatoms. The maximum atomic E-state index is 6.14. The topological polar surface area (TPSA) is 21.3 Å². The first-order valence-electron chi connectivity index (χ1n) is 5.62. The summed E-state index contributed by atoms with van der Waals surface area (Å²) in [6.45, 7) is 4.16. The molecule has 0 bridgehead atoms. The van der Waals surface area contributed by atoms with Crippen molar-refractivity contribution in [2.45, 2.75) is 32.7 Å². The molecular formula is C13H20ClNO. The zero-order valence-corrected chi connectivity index (χ0v) is 11.2. The van der Waals surface area contributed by atoms with Crippen molar-refractivity contribution in [3.05, 3.63) is 28.3 Å². The number of rotatable bonds is 5. The van der Waals surface area contributed by atoms with Crippen LogP contribution in [-0.2, 0) is 6.42 Å². The highest BCUT2D eigenvalue weighted by molar-refractivity contribution is 6.31. The molecule has 0 fully saturated rings. The van der Waals surface area contributed by atoms with Gasteiger partial charge in [0, 0.05) is 11.1 Å². The summed E-state index contributed by atoms with van der Waals surface area (Å²) in [7, 11) is 3.68. The van der Waals surface area contributed by atoms with Crippen LogP contribution in [0.3, 0.4) is 0 Å². The van der Waals surface area contributed by atoms with Crippen molar-refractivity contribution >= 4 is 11.6 Å². The van der Waals surface area contributed by atoms with Gasteiger partial charge in [0.1, 0.15) is 5.75 Å². The third kappa shape index (κ3) is 3.13. The minimum absolute atomic E-state index is 0.465. The third-order valence-electron chi connectivity index (χ3n) is 2.93. The minimum Gasteiger partial charge on any atom is -0.496 e. The summed E-state index contributed by atoms with van der Waals surface area (Å²) >= 11 is 6.14. The highest BCUT2D eigenvalue weighted by Crippen LogP contribution is 2.27. The second-order valence-corrected chi connectivity index (χ2v) is 4.42. The van der Waals surface area contributed by atoms with Crippen LogP contribution in [0.4, 0.5) is 0 Å². The standard InChI is InChI=1S/C13H20ClNO/c1-5-11(15-3)7-10-8-12(14)9(2)6-13(10)16-4/h6,8,11,15H,5,7H2,1-4H3. The molecule has 0 aliphatic rings. The van der Waals surface area contributed by atoms with E-state index in [0.29, 0.717) is 6.04 Å². The highest BCUT2D eigenvalue weighted by atomic mass is 35.5. The molecule has 1 aromatic carbocycles. The molecule has 0 aliphatic heterocycles. The molecule has 16 heavy (non-hydrogen) atoms. The van der Waals surface area contributed by atoms with E-state index >= 15 is 0 Å². The van der Waals surface area contributed by atoms with E-state index in [1.807, 2.05) is 26.1 Å². The molecule has 0 saturated heterocycles. The van der Waals surface area contributed by atoms with Gasteiger partial charge in [-0.25, -0.2) is 0 Å². The fourth-order valence-corrected chi connectivity index (χ4v) is 1.95. The van der Waals surface area contributed by atoms with Gasteiger partial charge in [-0.3, -0.25) is 0 Å². The van der Waals surface area contributed by atoms with Crippen LogP contribution in [0, 0.1) is 6.92 Å². The van der Waals surface area contributed by atoms with Crippen LogP contribution in [0.2, 0.25) is 5.02 Å². The summed E-state index contributed by atoms with van der Waals surface area (Å²) in [6, 6.07) is 4.48. The van der Waals surface area contributed by atoms with Crippen LogP contribution in [0.1, 0.15) is 24.5 Å². The lowest BCUT2D eigenvalue weighted by Crippen LogP contribution is -2.26. The van der Waals surface area contributed by atoms with Gasteiger partial charge in [-0.05, 0) is 50.1 Å².